The fourth-order valence-electron chi connectivity index (χ4n) is 1.82. The lowest BCUT2D eigenvalue weighted by Crippen LogP contribution is -2.26. The van der Waals surface area contributed by atoms with Crippen molar-refractivity contribution in [2.75, 3.05) is 0 Å². The third kappa shape index (κ3) is 3.64. The molecule has 2 aromatic carbocycles. The van der Waals surface area contributed by atoms with Gasteiger partial charge in [-0.05, 0) is 65.4 Å². The average molecular weight is 402 g/mol. The van der Waals surface area contributed by atoms with Crippen LogP contribution in [-0.4, -0.2) is 11.0 Å². The van der Waals surface area contributed by atoms with Gasteiger partial charge < -0.3 is 10.4 Å². The van der Waals surface area contributed by atoms with Gasteiger partial charge in [0.15, 0.2) is 0 Å². The zero-order chi connectivity index (χ0) is 14.7. The van der Waals surface area contributed by atoms with E-state index < -0.39 is 0 Å². The van der Waals surface area contributed by atoms with Gasteiger partial charge in [0.1, 0.15) is 5.75 Å². The summed E-state index contributed by atoms with van der Waals surface area (Å²) in [7, 11) is 0. The van der Waals surface area contributed by atoms with Crippen LogP contribution in [0.4, 0.5) is 0 Å². The number of nitrogens with one attached hydrogen (secondary N) is 1. The molecule has 20 heavy (non-hydrogen) atoms. The van der Waals surface area contributed by atoms with Gasteiger partial charge in [-0.15, -0.1) is 0 Å². The number of amides is 1. The van der Waals surface area contributed by atoms with Crippen molar-refractivity contribution in [1.82, 2.24) is 5.32 Å². The van der Waals surface area contributed by atoms with Gasteiger partial charge in [0.05, 0.1) is 11.6 Å². The molecule has 0 spiro atoms. The smallest absolute Gasteiger partial charge is 0.255 e. The van der Waals surface area contributed by atoms with Crippen LogP contribution in [-0.2, 0) is 0 Å². The van der Waals surface area contributed by atoms with E-state index in [4.69, 9.17) is 11.6 Å². The van der Waals surface area contributed by atoms with Crippen molar-refractivity contribution < 1.29 is 9.90 Å². The van der Waals surface area contributed by atoms with E-state index in [1.807, 2.05) is 19.1 Å². The van der Waals surface area contributed by atoms with Gasteiger partial charge in [0.2, 0.25) is 0 Å². The summed E-state index contributed by atoms with van der Waals surface area (Å²) in [6.45, 7) is 1.87. The minimum absolute atomic E-state index is 0.0267. The van der Waals surface area contributed by atoms with Crippen molar-refractivity contribution >= 4 is 40.1 Å². The van der Waals surface area contributed by atoms with Crippen LogP contribution in [0.1, 0.15) is 28.9 Å². The van der Waals surface area contributed by atoms with Gasteiger partial charge in [0.25, 0.3) is 5.91 Å². The number of aromatic hydroxyl groups is 1. The first-order valence-electron chi connectivity index (χ1n) is 6.02. The van der Waals surface area contributed by atoms with Crippen molar-refractivity contribution in [3.63, 3.8) is 0 Å². The van der Waals surface area contributed by atoms with Crippen LogP contribution in [0.3, 0.4) is 0 Å². The molecule has 0 aliphatic rings. The summed E-state index contributed by atoms with van der Waals surface area (Å²) in [6, 6.07) is 12.0. The van der Waals surface area contributed by atoms with E-state index in [1.165, 1.54) is 6.07 Å². The molecule has 5 heteroatoms. The SMILES string of the molecule is CC(NC(=O)c1cc(I)ccc1O)c1cccc(Cl)c1. The molecule has 0 radical (unpaired) electrons. The summed E-state index contributed by atoms with van der Waals surface area (Å²) in [4.78, 5) is 12.2. The Hall–Kier alpha value is -1.27. The number of hydrogen-bond donors (Lipinski definition) is 2. The zero-order valence-electron chi connectivity index (χ0n) is 10.7. The van der Waals surface area contributed by atoms with Crippen molar-refractivity contribution in [2.24, 2.45) is 0 Å². The molecule has 0 bridgehead atoms. The van der Waals surface area contributed by atoms with Crippen molar-refractivity contribution in [2.45, 2.75) is 13.0 Å². The Morgan fingerprint density at radius 2 is 2.05 bits per heavy atom. The van der Waals surface area contributed by atoms with E-state index in [2.05, 4.69) is 27.9 Å². The van der Waals surface area contributed by atoms with E-state index in [9.17, 15) is 9.90 Å². The van der Waals surface area contributed by atoms with E-state index >= 15 is 0 Å². The Kier molecular flexibility index (Phi) is 4.88. The maximum Gasteiger partial charge on any atom is 0.255 e. The highest BCUT2D eigenvalue weighted by Crippen LogP contribution is 2.22. The largest absolute Gasteiger partial charge is 0.507 e. The van der Waals surface area contributed by atoms with E-state index in [-0.39, 0.29) is 23.3 Å². The Labute approximate surface area is 136 Å². The quantitative estimate of drug-likeness (QED) is 0.760. The first-order chi connectivity index (χ1) is 9.47. The fraction of sp³-hybridized carbons (Fsp3) is 0.133. The average Bonchev–Trinajstić information content (AvgIpc) is 2.41. The molecular formula is C15H13ClINO2. The predicted octanol–water partition coefficient (Wildman–Crippen LogP) is 4.14. The first-order valence-corrected chi connectivity index (χ1v) is 7.48. The lowest BCUT2D eigenvalue weighted by Gasteiger charge is -2.15. The molecule has 104 valence electrons. The van der Waals surface area contributed by atoms with Crippen molar-refractivity contribution in [3.8, 4) is 5.75 Å². The number of carbonyl (C=O) groups is 1. The molecule has 2 aromatic rings. The molecular weight excluding hydrogens is 389 g/mol. The van der Waals surface area contributed by atoms with Gasteiger partial charge in [-0.2, -0.15) is 0 Å². The minimum atomic E-state index is -0.312. The second-order valence-corrected chi connectivity index (χ2v) is 6.09. The molecule has 0 fully saturated rings. The molecule has 0 aliphatic carbocycles. The molecule has 1 atom stereocenters. The Morgan fingerprint density at radius 1 is 1.30 bits per heavy atom. The molecule has 2 rings (SSSR count). The van der Waals surface area contributed by atoms with Crippen LogP contribution in [0.2, 0.25) is 5.02 Å². The van der Waals surface area contributed by atoms with Crippen LogP contribution in [0.5, 0.6) is 5.75 Å². The number of halogens is 2. The number of benzene rings is 2. The predicted molar refractivity (Wildman–Crippen MR) is 88.2 cm³/mol. The molecule has 0 aromatic heterocycles. The maximum atomic E-state index is 12.2. The summed E-state index contributed by atoms with van der Waals surface area (Å²) in [6.07, 6.45) is 0. The first kappa shape index (κ1) is 15.1. The van der Waals surface area contributed by atoms with Gasteiger partial charge in [-0.3, -0.25) is 4.79 Å². The molecule has 0 saturated heterocycles. The molecule has 3 nitrogen and oxygen atoms in total. The number of carbonyl (C=O) groups excluding carboxylic acids is 1. The summed E-state index contributed by atoms with van der Waals surface area (Å²) < 4.78 is 0.890. The summed E-state index contributed by atoms with van der Waals surface area (Å²) in [5.74, 6) is -0.338. The Bertz CT molecular complexity index is 646. The highest BCUT2D eigenvalue weighted by molar-refractivity contribution is 14.1. The molecule has 1 unspecified atom stereocenters. The number of hydrogen-bond acceptors (Lipinski definition) is 2. The molecule has 0 heterocycles. The topological polar surface area (TPSA) is 49.3 Å². The van der Waals surface area contributed by atoms with E-state index in [0.717, 1.165) is 9.13 Å². The second-order valence-electron chi connectivity index (χ2n) is 4.41. The summed E-state index contributed by atoms with van der Waals surface area (Å²) >= 11 is 8.03. The Balaban J connectivity index is 2.17. The number of phenolic OH excluding ortho intramolecular Hbond substituents is 1. The summed E-state index contributed by atoms with van der Waals surface area (Å²) in [5.41, 5.74) is 1.18. The maximum absolute atomic E-state index is 12.2. The third-order valence-electron chi connectivity index (χ3n) is 2.90. The van der Waals surface area contributed by atoms with Crippen molar-refractivity contribution in [1.29, 1.82) is 0 Å². The number of rotatable bonds is 3. The highest BCUT2D eigenvalue weighted by atomic mass is 127. The van der Waals surface area contributed by atoms with Gasteiger partial charge in [0, 0.05) is 8.59 Å². The second kappa shape index (κ2) is 6.45. The molecule has 0 saturated carbocycles. The zero-order valence-corrected chi connectivity index (χ0v) is 13.6. The van der Waals surface area contributed by atoms with E-state index in [1.54, 1.807) is 24.3 Å². The molecule has 2 N–H and O–H groups in total. The lowest BCUT2D eigenvalue weighted by molar-refractivity contribution is 0.0937. The highest BCUT2D eigenvalue weighted by Gasteiger charge is 2.15. The third-order valence-corrected chi connectivity index (χ3v) is 3.81. The van der Waals surface area contributed by atoms with Crippen LogP contribution >= 0.6 is 34.2 Å². The molecule has 0 aliphatic heterocycles. The van der Waals surface area contributed by atoms with Crippen molar-refractivity contribution in [3.05, 3.63) is 62.2 Å². The minimum Gasteiger partial charge on any atom is -0.507 e. The van der Waals surface area contributed by atoms with Crippen LogP contribution < -0.4 is 5.32 Å². The fourth-order valence-corrected chi connectivity index (χ4v) is 2.51. The van der Waals surface area contributed by atoms with Crippen LogP contribution in [0.25, 0.3) is 0 Å². The summed E-state index contributed by atoms with van der Waals surface area (Å²) in [5, 5.41) is 13.2. The van der Waals surface area contributed by atoms with Gasteiger partial charge in [-0.25, -0.2) is 0 Å². The van der Waals surface area contributed by atoms with E-state index in [0.29, 0.717) is 5.02 Å². The lowest BCUT2D eigenvalue weighted by atomic mass is 10.1. The normalized spacial score (nSPS) is 11.9. The van der Waals surface area contributed by atoms with Crippen LogP contribution in [0, 0.1) is 3.57 Å². The van der Waals surface area contributed by atoms with Gasteiger partial charge >= 0.3 is 0 Å². The monoisotopic (exact) mass is 401 g/mol. The number of phenols is 1. The van der Waals surface area contributed by atoms with Gasteiger partial charge in [-0.1, -0.05) is 23.7 Å². The van der Waals surface area contributed by atoms with Crippen LogP contribution in [0.15, 0.2) is 42.5 Å². The standard InChI is InChI=1S/C15H13ClINO2/c1-9(10-3-2-4-11(16)7-10)18-15(20)13-8-12(17)5-6-14(13)19/h2-9,19H,1H3,(H,18,20). The Morgan fingerprint density at radius 3 is 2.75 bits per heavy atom. The molecule has 1 amide bonds.